The zero-order valence-electron chi connectivity index (χ0n) is 10.7. The number of hydrogen-bond acceptors (Lipinski definition) is 2. The monoisotopic (exact) mass is 232 g/mol. The van der Waals surface area contributed by atoms with Crippen LogP contribution in [-0.4, -0.2) is 28.9 Å². The molecule has 0 aromatic heterocycles. The Kier molecular flexibility index (Phi) is 2.96. The number of carbonyl (C=O) groups is 1. The number of amides is 1. The lowest BCUT2D eigenvalue weighted by Crippen LogP contribution is -2.41. The maximum Gasteiger partial charge on any atom is 0.254 e. The van der Waals surface area contributed by atoms with Crippen LogP contribution < -0.4 is 5.73 Å². The summed E-state index contributed by atoms with van der Waals surface area (Å²) < 4.78 is 0. The van der Waals surface area contributed by atoms with Gasteiger partial charge in [-0.3, -0.25) is 4.79 Å². The molecule has 2 rings (SSSR count). The molecule has 1 aromatic carbocycles. The van der Waals surface area contributed by atoms with Crippen LogP contribution in [-0.2, 0) is 0 Å². The highest BCUT2D eigenvalue weighted by Gasteiger charge is 2.38. The maximum atomic E-state index is 12.3. The molecule has 1 aromatic rings. The van der Waals surface area contributed by atoms with Gasteiger partial charge in [-0.2, -0.15) is 0 Å². The zero-order chi connectivity index (χ0) is 12.6. The van der Waals surface area contributed by atoms with Crippen LogP contribution in [0.1, 0.15) is 36.2 Å². The van der Waals surface area contributed by atoms with Crippen LogP contribution in [0.25, 0.3) is 0 Å². The second-order valence-electron chi connectivity index (χ2n) is 5.51. The van der Waals surface area contributed by atoms with Crippen LogP contribution in [0.15, 0.2) is 24.3 Å². The van der Waals surface area contributed by atoms with Crippen molar-refractivity contribution in [2.24, 2.45) is 5.73 Å². The van der Waals surface area contributed by atoms with Gasteiger partial charge in [-0.05, 0) is 39.3 Å². The second kappa shape index (κ2) is 4.15. The molecule has 0 radical (unpaired) electrons. The summed E-state index contributed by atoms with van der Waals surface area (Å²) in [6.07, 6.45) is 0.866. The summed E-state index contributed by atoms with van der Waals surface area (Å²) in [5.74, 6) is 0.0895. The molecule has 1 fully saturated rings. The summed E-state index contributed by atoms with van der Waals surface area (Å²) in [6, 6.07) is 7.93. The van der Waals surface area contributed by atoms with Crippen LogP contribution in [0, 0.1) is 6.92 Å². The van der Waals surface area contributed by atoms with E-state index in [9.17, 15) is 4.79 Å². The lowest BCUT2D eigenvalue weighted by molar-refractivity contribution is 0.0741. The minimum atomic E-state index is -0.250. The predicted molar refractivity (Wildman–Crippen MR) is 68.9 cm³/mol. The first-order chi connectivity index (χ1) is 7.89. The van der Waals surface area contributed by atoms with Gasteiger partial charge in [0.1, 0.15) is 0 Å². The minimum absolute atomic E-state index is 0.0895. The van der Waals surface area contributed by atoms with Gasteiger partial charge in [0.15, 0.2) is 0 Å². The highest BCUT2D eigenvalue weighted by atomic mass is 16.2. The topological polar surface area (TPSA) is 46.3 Å². The number of benzene rings is 1. The van der Waals surface area contributed by atoms with Crippen LogP contribution in [0.5, 0.6) is 0 Å². The summed E-state index contributed by atoms with van der Waals surface area (Å²) in [7, 11) is 0. The molecule has 17 heavy (non-hydrogen) atoms. The van der Waals surface area contributed by atoms with E-state index >= 15 is 0 Å². The molecule has 0 aliphatic carbocycles. The molecule has 2 N–H and O–H groups in total. The van der Waals surface area contributed by atoms with Gasteiger partial charge in [-0.25, -0.2) is 0 Å². The van der Waals surface area contributed by atoms with Gasteiger partial charge in [0.2, 0.25) is 0 Å². The molecule has 2 atom stereocenters. The van der Waals surface area contributed by atoms with Crippen molar-refractivity contribution in [1.29, 1.82) is 0 Å². The average Bonchev–Trinajstić information content (AvgIpc) is 2.52. The number of aryl methyl sites for hydroxylation is 1. The molecule has 1 amide bonds. The van der Waals surface area contributed by atoms with E-state index in [0.29, 0.717) is 6.54 Å². The summed E-state index contributed by atoms with van der Waals surface area (Å²) in [5, 5.41) is 0. The molecule has 3 heteroatoms. The fraction of sp³-hybridized carbons (Fsp3) is 0.500. The van der Waals surface area contributed by atoms with Crippen molar-refractivity contribution >= 4 is 5.91 Å². The highest BCUT2D eigenvalue weighted by Crippen LogP contribution is 2.26. The maximum absolute atomic E-state index is 12.3. The lowest BCUT2D eigenvalue weighted by Gasteiger charge is -2.22. The Balaban J connectivity index is 2.18. The highest BCUT2D eigenvalue weighted by molar-refractivity contribution is 5.94. The van der Waals surface area contributed by atoms with Gasteiger partial charge in [-0.15, -0.1) is 0 Å². The Labute approximate surface area is 103 Å². The molecule has 1 saturated heterocycles. The number of rotatable bonds is 1. The Morgan fingerprint density at radius 1 is 1.41 bits per heavy atom. The van der Waals surface area contributed by atoms with Gasteiger partial charge in [0, 0.05) is 23.7 Å². The van der Waals surface area contributed by atoms with E-state index in [1.165, 1.54) is 5.56 Å². The van der Waals surface area contributed by atoms with E-state index in [0.717, 1.165) is 12.0 Å². The molecule has 3 nitrogen and oxygen atoms in total. The first-order valence-corrected chi connectivity index (χ1v) is 6.05. The van der Waals surface area contributed by atoms with Crippen LogP contribution >= 0.6 is 0 Å². The summed E-state index contributed by atoms with van der Waals surface area (Å²) in [4.78, 5) is 14.2. The molecule has 0 unspecified atom stereocenters. The van der Waals surface area contributed by atoms with Crippen molar-refractivity contribution in [3.63, 3.8) is 0 Å². The number of hydrogen-bond donors (Lipinski definition) is 1. The quantitative estimate of drug-likeness (QED) is 0.804. The van der Waals surface area contributed by atoms with Gasteiger partial charge in [0.25, 0.3) is 5.91 Å². The van der Waals surface area contributed by atoms with Crippen molar-refractivity contribution in [3.8, 4) is 0 Å². The molecule has 92 valence electrons. The molecule has 0 spiro atoms. The summed E-state index contributed by atoms with van der Waals surface area (Å²) in [5.41, 5.74) is 7.77. The molecule has 1 aliphatic heterocycles. The van der Waals surface area contributed by atoms with E-state index in [1.807, 2.05) is 43.0 Å². The number of nitrogens with two attached hydrogens (primary N) is 1. The predicted octanol–water partition coefficient (Wildman–Crippen LogP) is 1.95. The zero-order valence-corrected chi connectivity index (χ0v) is 10.7. The fourth-order valence-electron chi connectivity index (χ4n) is 2.53. The van der Waals surface area contributed by atoms with E-state index in [1.54, 1.807) is 0 Å². The smallest absolute Gasteiger partial charge is 0.254 e. The van der Waals surface area contributed by atoms with Crippen molar-refractivity contribution in [1.82, 2.24) is 4.90 Å². The SMILES string of the molecule is Cc1ccc(C(=O)N2C[C@](C)(N)C[C@@H]2C)cc1. The third kappa shape index (κ3) is 2.50. The molecule has 0 saturated carbocycles. The number of nitrogens with zero attached hydrogens (tertiary/aromatic N) is 1. The summed E-state index contributed by atoms with van der Waals surface area (Å²) >= 11 is 0. The lowest BCUT2D eigenvalue weighted by atomic mass is 10.0. The van der Waals surface area contributed by atoms with Gasteiger partial charge >= 0.3 is 0 Å². The molecule has 1 heterocycles. The normalized spacial score (nSPS) is 28.5. The first kappa shape index (κ1) is 12.1. The van der Waals surface area contributed by atoms with Gasteiger partial charge in [0.05, 0.1) is 0 Å². The second-order valence-corrected chi connectivity index (χ2v) is 5.51. The molecular weight excluding hydrogens is 212 g/mol. The van der Waals surface area contributed by atoms with Crippen molar-refractivity contribution in [2.45, 2.75) is 38.8 Å². The van der Waals surface area contributed by atoms with Crippen molar-refractivity contribution in [2.75, 3.05) is 6.54 Å². The average molecular weight is 232 g/mol. The molecule has 0 bridgehead atoms. The standard InChI is InChI=1S/C14H20N2O/c1-10-4-6-12(7-5-10)13(17)16-9-14(3,15)8-11(16)2/h4-7,11H,8-9,15H2,1-3H3/t11-,14+/m0/s1. The van der Waals surface area contributed by atoms with Crippen LogP contribution in [0.4, 0.5) is 0 Å². The Morgan fingerprint density at radius 2 is 2.00 bits per heavy atom. The fourth-order valence-corrected chi connectivity index (χ4v) is 2.53. The number of likely N-dealkylation sites (tertiary alicyclic amines) is 1. The van der Waals surface area contributed by atoms with E-state index < -0.39 is 0 Å². The Bertz CT molecular complexity index is 422. The Morgan fingerprint density at radius 3 is 2.47 bits per heavy atom. The van der Waals surface area contributed by atoms with Crippen LogP contribution in [0.2, 0.25) is 0 Å². The largest absolute Gasteiger partial charge is 0.334 e. The van der Waals surface area contributed by atoms with E-state index in [4.69, 9.17) is 5.73 Å². The summed E-state index contributed by atoms with van der Waals surface area (Å²) in [6.45, 7) is 6.72. The van der Waals surface area contributed by atoms with Gasteiger partial charge < -0.3 is 10.6 Å². The van der Waals surface area contributed by atoms with E-state index in [-0.39, 0.29) is 17.5 Å². The third-order valence-electron chi connectivity index (χ3n) is 3.38. The number of carbonyl (C=O) groups excluding carboxylic acids is 1. The molecular formula is C14H20N2O. The molecule has 1 aliphatic rings. The van der Waals surface area contributed by atoms with E-state index in [2.05, 4.69) is 6.92 Å². The van der Waals surface area contributed by atoms with Gasteiger partial charge in [-0.1, -0.05) is 17.7 Å². The van der Waals surface area contributed by atoms with Crippen LogP contribution in [0.3, 0.4) is 0 Å². The third-order valence-corrected chi connectivity index (χ3v) is 3.38. The minimum Gasteiger partial charge on any atom is -0.334 e. The van der Waals surface area contributed by atoms with Crippen molar-refractivity contribution in [3.05, 3.63) is 35.4 Å². The first-order valence-electron chi connectivity index (χ1n) is 6.05. The van der Waals surface area contributed by atoms with Crippen molar-refractivity contribution < 1.29 is 4.79 Å². The Hall–Kier alpha value is -1.35.